The molecule has 0 spiro atoms. The second kappa shape index (κ2) is 4.20. The van der Waals surface area contributed by atoms with Crippen LogP contribution in [-0.2, 0) is 4.79 Å². The van der Waals surface area contributed by atoms with Crippen LogP contribution in [0.1, 0.15) is 13.0 Å². The third kappa shape index (κ3) is 2.07. The number of hydrogen-bond acceptors (Lipinski definition) is 4. The summed E-state index contributed by atoms with van der Waals surface area (Å²) >= 11 is 0. The summed E-state index contributed by atoms with van der Waals surface area (Å²) in [6.45, 7) is 1.39. The second-order valence-corrected chi connectivity index (χ2v) is 3.44. The van der Waals surface area contributed by atoms with Gasteiger partial charge in [0.15, 0.2) is 11.9 Å². The van der Waals surface area contributed by atoms with Gasteiger partial charge in [-0.05, 0) is 19.1 Å². The molecule has 2 heterocycles. The molecule has 2 aromatic heterocycles. The summed E-state index contributed by atoms with van der Waals surface area (Å²) in [6, 6.07) is 3.44. The minimum absolute atomic E-state index is 0.391. The quantitative estimate of drug-likeness (QED) is 0.811. The molecule has 1 atom stereocenters. The molecule has 2 aromatic rings. The van der Waals surface area contributed by atoms with E-state index >= 15 is 0 Å². The van der Waals surface area contributed by atoms with Crippen LogP contribution in [0.3, 0.4) is 0 Å². The van der Waals surface area contributed by atoms with Crippen molar-refractivity contribution >= 4 is 5.97 Å². The van der Waals surface area contributed by atoms with Crippen molar-refractivity contribution in [1.82, 2.24) is 19.6 Å². The van der Waals surface area contributed by atoms with Crippen LogP contribution in [0.5, 0.6) is 0 Å². The molecular formula is C10H10N4O3. The van der Waals surface area contributed by atoms with Gasteiger partial charge < -0.3 is 5.11 Å². The van der Waals surface area contributed by atoms with Crippen molar-refractivity contribution in [2.75, 3.05) is 0 Å². The number of aliphatic carboxylic acids is 1. The molecule has 0 saturated heterocycles. The van der Waals surface area contributed by atoms with Gasteiger partial charge in [-0.3, -0.25) is 4.79 Å². The molecule has 2 rings (SSSR count). The zero-order valence-corrected chi connectivity index (χ0v) is 9.02. The van der Waals surface area contributed by atoms with Crippen molar-refractivity contribution in [3.8, 4) is 5.82 Å². The third-order valence-corrected chi connectivity index (χ3v) is 2.27. The Balaban J connectivity index is 2.50. The normalized spacial score (nSPS) is 12.3. The molecule has 0 aliphatic heterocycles. The van der Waals surface area contributed by atoms with E-state index in [-0.39, 0.29) is 0 Å². The molecule has 0 amide bonds. The Bertz CT molecular complexity index is 588. The first-order valence-electron chi connectivity index (χ1n) is 4.92. The summed E-state index contributed by atoms with van der Waals surface area (Å²) < 4.78 is 2.36. The van der Waals surface area contributed by atoms with E-state index in [9.17, 15) is 9.59 Å². The highest BCUT2D eigenvalue weighted by Crippen LogP contribution is 2.03. The van der Waals surface area contributed by atoms with E-state index in [1.54, 1.807) is 18.5 Å². The van der Waals surface area contributed by atoms with Crippen molar-refractivity contribution in [2.45, 2.75) is 13.0 Å². The van der Waals surface area contributed by atoms with Gasteiger partial charge in [0.05, 0.1) is 0 Å². The Morgan fingerprint density at radius 2 is 2.24 bits per heavy atom. The summed E-state index contributed by atoms with van der Waals surface area (Å²) in [6.07, 6.45) is 3.22. The van der Waals surface area contributed by atoms with Crippen LogP contribution in [0.25, 0.3) is 5.82 Å². The minimum Gasteiger partial charge on any atom is -0.480 e. The number of aromatic nitrogens is 4. The minimum atomic E-state index is -1.11. The van der Waals surface area contributed by atoms with E-state index in [0.717, 1.165) is 4.68 Å². The highest BCUT2D eigenvalue weighted by molar-refractivity contribution is 5.71. The van der Waals surface area contributed by atoms with Gasteiger partial charge in [-0.1, -0.05) is 0 Å². The Morgan fingerprint density at radius 1 is 1.47 bits per heavy atom. The Hall–Kier alpha value is -2.44. The highest BCUT2D eigenvalue weighted by Gasteiger charge is 2.16. The Labute approximate surface area is 95.9 Å². The SMILES string of the molecule is C[C@@H](C(=O)O)n1nc(-n2cccn2)ccc1=O. The summed E-state index contributed by atoms with van der Waals surface area (Å²) in [5, 5.41) is 16.8. The van der Waals surface area contributed by atoms with E-state index in [0.29, 0.717) is 5.82 Å². The molecule has 0 bridgehead atoms. The first-order chi connectivity index (χ1) is 8.09. The van der Waals surface area contributed by atoms with Crippen molar-refractivity contribution in [1.29, 1.82) is 0 Å². The molecule has 0 fully saturated rings. The summed E-state index contributed by atoms with van der Waals surface area (Å²) in [5.41, 5.74) is -0.462. The monoisotopic (exact) mass is 234 g/mol. The van der Waals surface area contributed by atoms with Gasteiger partial charge in [0, 0.05) is 18.5 Å². The predicted molar refractivity (Wildman–Crippen MR) is 58.0 cm³/mol. The second-order valence-electron chi connectivity index (χ2n) is 3.44. The fourth-order valence-electron chi connectivity index (χ4n) is 1.32. The van der Waals surface area contributed by atoms with Crippen LogP contribution in [0.15, 0.2) is 35.4 Å². The van der Waals surface area contributed by atoms with E-state index in [2.05, 4.69) is 10.2 Å². The van der Waals surface area contributed by atoms with Crippen LogP contribution in [0, 0.1) is 0 Å². The lowest BCUT2D eigenvalue weighted by Gasteiger charge is -2.10. The molecule has 17 heavy (non-hydrogen) atoms. The third-order valence-electron chi connectivity index (χ3n) is 2.27. The summed E-state index contributed by atoms with van der Waals surface area (Å²) in [5.74, 6) is -0.722. The standard InChI is InChI=1S/C10H10N4O3/c1-7(10(16)17)14-9(15)4-3-8(12-14)13-6-2-5-11-13/h2-7H,1H3,(H,16,17)/t7-/m0/s1. The van der Waals surface area contributed by atoms with Gasteiger partial charge in [-0.15, -0.1) is 5.10 Å². The fraction of sp³-hybridized carbons (Fsp3) is 0.200. The predicted octanol–water partition coefficient (Wildman–Crippen LogP) is 0.0746. The Morgan fingerprint density at radius 3 is 2.82 bits per heavy atom. The van der Waals surface area contributed by atoms with Crippen LogP contribution in [-0.4, -0.2) is 30.6 Å². The van der Waals surface area contributed by atoms with Gasteiger partial charge in [0.1, 0.15) is 0 Å². The van der Waals surface area contributed by atoms with Crippen LogP contribution in [0.4, 0.5) is 0 Å². The van der Waals surface area contributed by atoms with E-state index in [1.165, 1.54) is 23.7 Å². The summed E-state index contributed by atoms with van der Waals surface area (Å²) in [7, 11) is 0. The molecule has 7 heteroatoms. The number of carboxylic acid groups (broad SMARTS) is 1. The molecule has 0 aromatic carbocycles. The lowest BCUT2D eigenvalue weighted by molar-refractivity contribution is -0.140. The molecule has 7 nitrogen and oxygen atoms in total. The molecule has 0 saturated carbocycles. The number of carboxylic acids is 1. The molecule has 0 unspecified atom stereocenters. The molecule has 1 N–H and O–H groups in total. The van der Waals surface area contributed by atoms with E-state index < -0.39 is 17.6 Å². The number of carbonyl (C=O) groups is 1. The van der Waals surface area contributed by atoms with E-state index in [4.69, 9.17) is 5.11 Å². The van der Waals surface area contributed by atoms with Crippen LogP contribution in [0.2, 0.25) is 0 Å². The van der Waals surface area contributed by atoms with Crippen LogP contribution < -0.4 is 5.56 Å². The average Bonchev–Trinajstić information content (AvgIpc) is 2.82. The molecule has 0 radical (unpaired) electrons. The largest absolute Gasteiger partial charge is 0.480 e. The van der Waals surface area contributed by atoms with Gasteiger partial charge in [-0.2, -0.15) is 5.10 Å². The highest BCUT2D eigenvalue weighted by atomic mass is 16.4. The maximum absolute atomic E-state index is 11.5. The first-order valence-corrected chi connectivity index (χ1v) is 4.92. The number of rotatable bonds is 3. The smallest absolute Gasteiger partial charge is 0.328 e. The number of hydrogen-bond donors (Lipinski definition) is 1. The van der Waals surface area contributed by atoms with Gasteiger partial charge in [0.25, 0.3) is 5.56 Å². The van der Waals surface area contributed by atoms with Crippen molar-refractivity contribution < 1.29 is 9.90 Å². The topological polar surface area (TPSA) is 90.0 Å². The van der Waals surface area contributed by atoms with Gasteiger partial charge >= 0.3 is 5.97 Å². The lowest BCUT2D eigenvalue weighted by atomic mass is 10.3. The average molecular weight is 234 g/mol. The van der Waals surface area contributed by atoms with Crippen molar-refractivity contribution in [3.05, 3.63) is 40.9 Å². The Kier molecular flexibility index (Phi) is 2.73. The fourth-order valence-corrected chi connectivity index (χ4v) is 1.32. The summed E-state index contributed by atoms with van der Waals surface area (Å²) in [4.78, 5) is 22.3. The molecule has 0 aliphatic rings. The molecule has 0 aliphatic carbocycles. The molecule has 88 valence electrons. The number of nitrogens with zero attached hydrogens (tertiary/aromatic N) is 4. The molecular weight excluding hydrogens is 224 g/mol. The van der Waals surface area contributed by atoms with E-state index in [1.807, 2.05) is 0 Å². The van der Waals surface area contributed by atoms with Crippen molar-refractivity contribution in [3.63, 3.8) is 0 Å². The maximum Gasteiger partial charge on any atom is 0.328 e. The van der Waals surface area contributed by atoms with Gasteiger partial charge in [0.2, 0.25) is 0 Å². The zero-order valence-electron chi connectivity index (χ0n) is 9.02. The maximum atomic E-state index is 11.5. The van der Waals surface area contributed by atoms with Crippen molar-refractivity contribution in [2.24, 2.45) is 0 Å². The van der Waals surface area contributed by atoms with Crippen LogP contribution >= 0.6 is 0 Å². The lowest BCUT2D eigenvalue weighted by Crippen LogP contribution is -2.30. The van der Waals surface area contributed by atoms with Gasteiger partial charge in [-0.25, -0.2) is 14.2 Å². The first kappa shape index (κ1) is 11.1. The zero-order chi connectivity index (χ0) is 12.4.